The van der Waals surface area contributed by atoms with E-state index in [4.69, 9.17) is 19.0 Å². The number of hydrogen-bond donors (Lipinski definition) is 1. The van der Waals surface area contributed by atoms with Crippen LogP contribution in [0.25, 0.3) is 11.2 Å². The van der Waals surface area contributed by atoms with E-state index in [-0.39, 0.29) is 53.5 Å². The molecule has 0 bridgehead atoms. The number of H-pyrrole nitrogens is 1. The van der Waals surface area contributed by atoms with E-state index in [0.29, 0.717) is 31.0 Å². The van der Waals surface area contributed by atoms with Crippen molar-refractivity contribution in [3.8, 4) is 6.07 Å². The standard InChI is InChI=1S/C25H39N8O4P/c1-15(2)33(16(3)4)38(35-10-8-9-26)37-19-11-17(5)22-18(19)12-20(36-22)32-14-27-21-23(32)29-25(30-24(21)34)28-13-31(6)7/h13-20,22H,8,10-12H2,1-7H3,(H,29,30,34)/t17-,18+,19-,20-,22-,38?/m1/s1. The van der Waals surface area contributed by atoms with E-state index < -0.39 is 8.53 Å². The molecular formula is C25H39N8O4P. The lowest BCUT2D eigenvalue weighted by Crippen LogP contribution is -2.35. The molecule has 13 heteroatoms. The van der Waals surface area contributed by atoms with Gasteiger partial charge in [0, 0.05) is 38.5 Å². The van der Waals surface area contributed by atoms with Gasteiger partial charge in [-0.3, -0.25) is 14.3 Å². The van der Waals surface area contributed by atoms with Crippen LogP contribution in [-0.2, 0) is 13.8 Å². The summed E-state index contributed by atoms with van der Waals surface area (Å²) in [5, 5.41) is 9.02. The van der Waals surface area contributed by atoms with E-state index >= 15 is 0 Å². The molecular weight excluding hydrogens is 507 g/mol. The molecule has 0 spiro atoms. The number of nitriles is 1. The monoisotopic (exact) mass is 546 g/mol. The molecule has 1 aliphatic carbocycles. The van der Waals surface area contributed by atoms with Crippen LogP contribution in [-0.4, -0.2) is 80.4 Å². The van der Waals surface area contributed by atoms with Gasteiger partial charge in [0.05, 0.1) is 44.0 Å². The molecule has 2 aromatic rings. The summed E-state index contributed by atoms with van der Waals surface area (Å²) in [6, 6.07) is 2.62. The first-order valence-electron chi connectivity index (χ1n) is 13.2. The maximum atomic E-state index is 12.6. The first-order valence-corrected chi connectivity index (χ1v) is 14.3. The van der Waals surface area contributed by atoms with Gasteiger partial charge in [-0.25, -0.2) is 14.6 Å². The third kappa shape index (κ3) is 6.08. The highest BCUT2D eigenvalue weighted by atomic mass is 31.2. The van der Waals surface area contributed by atoms with Crippen LogP contribution in [0.15, 0.2) is 16.1 Å². The van der Waals surface area contributed by atoms with Crippen LogP contribution >= 0.6 is 8.53 Å². The molecule has 0 aromatic carbocycles. The van der Waals surface area contributed by atoms with E-state index in [1.165, 1.54) is 0 Å². The quantitative estimate of drug-likeness (QED) is 0.192. The third-order valence-corrected chi connectivity index (χ3v) is 9.04. The summed E-state index contributed by atoms with van der Waals surface area (Å²) in [5.74, 6) is 0.670. The Labute approximate surface area is 225 Å². The van der Waals surface area contributed by atoms with Crippen LogP contribution in [0.4, 0.5) is 5.95 Å². The maximum absolute atomic E-state index is 12.6. The van der Waals surface area contributed by atoms with Crippen LogP contribution in [0.1, 0.15) is 60.1 Å². The van der Waals surface area contributed by atoms with Gasteiger partial charge >= 0.3 is 0 Å². The lowest BCUT2D eigenvalue weighted by molar-refractivity contribution is -0.0178. The molecule has 6 atom stereocenters. The molecule has 1 unspecified atom stereocenters. The summed E-state index contributed by atoms with van der Waals surface area (Å²) in [7, 11) is 2.34. The normalized spacial score (nSPS) is 26.2. The lowest BCUT2D eigenvalue weighted by Gasteiger charge is -2.37. The Hall–Kier alpha value is -2.42. The van der Waals surface area contributed by atoms with Gasteiger partial charge in [-0.2, -0.15) is 10.2 Å². The molecule has 1 aliphatic heterocycles. The minimum atomic E-state index is -1.34. The number of imidazole rings is 1. The highest BCUT2D eigenvalue weighted by Crippen LogP contribution is 2.54. The molecule has 2 fully saturated rings. The Balaban J connectivity index is 1.56. The van der Waals surface area contributed by atoms with Gasteiger partial charge < -0.3 is 18.7 Å². The van der Waals surface area contributed by atoms with Gasteiger partial charge in [-0.15, -0.1) is 0 Å². The zero-order valence-corrected chi connectivity index (χ0v) is 24.1. The summed E-state index contributed by atoms with van der Waals surface area (Å²) in [6.45, 7) is 11.1. The average molecular weight is 547 g/mol. The highest BCUT2D eigenvalue weighted by molar-refractivity contribution is 7.44. The molecule has 4 rings (SSSR count). The number of aliphatic imine (C=N–C) groups is 1. The fraction of sp³-hybridized carbons (Fsp3) is 0.720. The first kappa shape index (κ1) is 28.6. The number of nitrogens with one attached hydrogen (secondary N) is 1. The van der Waals surface area contributed by atoms with E-state index in [1.807, 2.05) is 18.7 Å². The van der Waals surface area contributed by atoms with Crippen LogP contribution in [0.3, 0.4) is 0 Å². The van der Waals surface area contributed by atoms with Gasteiger partial charge in [0.15, 0.2) is 11.2 Å². The number of nitrogens with zero attached hydrogens (tertiary/aromatic N) is 7. The number of aromatic amines is 1. The lowest BCUT2D eigenvalue weighted by atomic mass is 10.0. The molecule has 0 radical (unpaired) electrons. The Morgan fingerprint density at radius 2 is 2.08 bits per heavy atom. The molecule has 2 aromatic heterocycles. The second-order valence-electron chi connectivity index (χ2n) is 10.8. The SMILES string of the molecule is CC(C)N(C(C)C)P(OCCC#N)O[C@@H]1C[C@@H](C)[C@H]2O[C@@H](n3cnc4c(=O)[nH]c(N=CN(C)C)nc43)C[C@H]21. The van der Waals surface area contributed by atoms with Crippen LogP contribution in [0.5, 0.6) is 0 Å². The largest absolute Gasteiger partial charge is 0.369 e. The maximum Gasteiger partial charge on any atom is 0.280 e. The molecule has 3 heterocycles. The van der Waals surface area contributed by atoms with Crippen molar-refractivity contribution in [3.05, 3.63) is 16.7 Å². The zero-order valence-electron chi connectivity index (χ0n) is 23.2. The number of ether oxygens (including phenoxy) is 1. The van der Waals surface area contributed by atoms with E-state index in [2.05, 4.69) is 65.3 Å². The Kier molecular flexibility index (Phi) is 9.16. The molecule has 208 valence electrons. The Bertz CT molecular complexity index is 1210. The fourth-order valence-corrected chi connectivity index (χ4v) is 7.15. The number of aromatic nitrogens is 4. The van der Waals surface area contributed by atoms with Crippen molar-refractivity contribution in [2.45, 2.75) is 84.4 Å². The van der Waals surface area contributed by atoms with Gasteiger partial charge in [-0.05, 0) is 40.0 Å². The van der Waals surface area contributed by atoms with Gasteiger partial charge in [0.25, 0.3) is 14.1 Å². The van der Waals surface area contributed by atoms with Crippen molar-refractivity contribution in [2.24, 2.45) is 16.8 Å². The summed E-state index contributed by atoms with van der Waals surface area (Å²) in [5.41, 5.74) is 0.368. The Morgan fingerprint density at radius 3 is 2.74 bits per heavy atom. The molecule has 1 saturated carbocycles. The van der Waals surface area contributed by atoms with Crippen molar-refractivity contribution in [3.63, 3.8) is 0 Å². The molecule has 12 nitrogen and oxygen atoms in total. The van der Waals surface area contributed by atoms with Crippen LogP contribution in [0, 0.1) is 23.2 Å². The zero-order chi connectivity index (χ0) is 27.6. The topological polar surface area (TPSA) is 134 Å². The second kappa shape index (κ2) is 12.2. The second-order valence-corrected chi connectivity index (χ2v) is 12.2. The smallest absolute Gasteiger partial charge is 0.280 e. The fourth-order valence-electron chi connectivity index (χ4n) is 5.37. The van der Waals surface area contributed by atoms with Crippen molar-refractivity contribution >= 4 is 32.0 Å². The average Bonchev–Trinajstić information content (AvgIpc) is 3.53. The van der Waals surface area contributed by atoms with E-state index in [1.54, 1.807) is 17.6 Å². The highest BCUT2D eigenvalue weighted by Gasteiger charge is 2.51. The van der Waals surface area contributed by atoms with E-state index in [9.17, 15) is 4.79 Å². The van der Waals surface area contributed by atoms with Crippen molar-refractivity contribution in [2.75, 3.05) is 20.7 Å². The predicted octanol–water partition coefficient (Wildman–Crippen LogP) is 3.95. The van der Waals surface area contributed by atoms with E-state index in [0.717, 1.165) is 6.42 Å². The first-order chi connectivity index (χ1) is 18.1. The third-order valence-electron chi connectivity index (χ3n) is 6.88. The minimum Gasteiger partial charge on any atom is -0.369 e. The van der Waals surface area contributed by atoms with Gasteiger partial charge in [0.2, 0.25) is 5.95 Å². The summed E-state index contributed by atoms with van der Waals surface area (Å²) in [4.78, 5) is 30.2. The predicted molar refractivity (Wildman–Crippen MR) is 146 cm³/mol. The molecule has 0 amide bonds. The molecule has 38 heavy (non-hydrogen) atoms. The molecule has 1 saturated heterocycles. The Morgan fingerprint density at radius 1 is 1.34 bits per heavy atom. The minimum absolute atomic E-state index is 0.0122. The number of fused-ring (bicyclic) bond motifs is 2. The molecule has 2 aliphatic rings. The van der Waals surface area contributed by atoms with Gasteiger partial charge in [0.1, 0.15) is 6.23 Å². The summed E-state index contributed by atoms with van der Waals surface area (Å²) in [6.07, 6.45) is 4.76. The van der Waals surface area contributed by atoms with Crippen molar-refractivity contribution in [1.82, 2.24) is 29.1 Å². The van der Waals surface area contributed by atoms with Crippen LogP contribution < -0.4 is 5.56 Å². The number of rotatable bonds is 11. The number of hydrogen-bond acceptors (Lipinski definition) is 9. The summed E-state index contributed by atoms with van der Waals surface area (Å²) < 4.78 is 23.5. The van der Waals surface area contributed by atoms with Crippen molar-refractivity contribution < 1.29 is 13.8 Å². The van der Waals surface area contributed by atoms with Gasteiger partial charge in [-0.1, -0.05) is 6.92 Å². The van der Waals surface area contributed by atoms with Crippen molar-refractivity contribution in [1.29, 1.82) is 5.26 Å². The molecule has 1 N–H and O–H groups in total. The van der Waals surface area contributed by atoms with Crippen LogP contribution in [0.2, 0.25) is 0 Å². The summed E-state index contributed by atoms with van der Waals surface area (Å²) >= 11 is 0.